The molecule has 19 heavy (non-hydrogen) atoms. The Hall–Kier alpha value is -2.74. The Morgan fingerprint density at radius 3 is 2.63 bits per heavy atom. The molecule has 0 atom stereocenters. The lowest BCUT2D eigenvalue weighted by molar-refractivity contribution is -0.384. The van der Waals surface area contributed by atoms with E-state index in [0.29, 0.717) is 6.42 Å². The van der Waals surface area contributed by atoms with Crippen LogP contribution >= 0.6 is 0 Å². The third-order valence-corrected chi connectivity index (χ3v) is 2.30. The average molecular weight is 255 g/mol. The van der Waals surface area contributed by atoms with Crippen LogP contribution in [0.4, 0.5) is 5.69 Å². The van der Waals surface area contributed by atoms with Gasteiger partial charge in [-0.3, -0.25) is 15.1 Å². The van der Waals surface area contributed by atoms with Crippen LogP contribution in [0, 0.1) is 21.4 Å². The summed E-state index contributed by atoms with van der Waals surface area (Å²) in [4.78, 5) is 14.0. The Balaban J connectivity index is 2.77. The van der Waals surface area contributed by atoms with E-state index in [0.717, 1.165) is 11.1 Å². The minimum Gasteiger partial charge on any atom is -0.258 e. The van der Waals surface area contributed by atoms with E-state index in [9.17, 15) is 10.1 Å². The lowest BCUT2D eigenvalue weighted by atomic mass is 10.1. The van der Waals surface area contributed by atoms with Crippen molar-refractivity contribution in [2.45, 2.75) is 13.3 Å². The Bertz CT molecular complexity index is 578. The molecule has 0 aliphatic heterocycles. The summed E-state index contributed by atoms with van der Waals surface area (Å²) >= 11 is 0. The van der Waals surface area contributed by atoms with E-state index >= 15 is 0 Å². The topological polar surface area (TPSA) is 79.3 Å². The molecule has 96 valence electrons. The molecule has 0 heterocycles. The average Bonchev–Trinajstić information content (AvgIpc) is 2.38. The van der Waals surface area contributed by atoms with Gasteiger partial charge in [-0.2, -0.15) is 5.26 Å². The third kappa shape index (κ3) is 4.56. The smallest absolute Gasteiger partial charge is 0.258 e. The van der Waals surface area contributed by atoms with Crippen molar-refractivity contribution >= 4 is 11.9 Å². The van der Waals surface area contributed by atoms with Crippen LogP contribution in [-0.4, -0.2) is 11.1 Å². The maximum atomic E-state index is 10.5. The fourth-order valence-corrected chi connectivity index (χ4v) is 1.48. The van der Waals surface area contributed by atoms with E-state index in [1.807, 2.05) is 6.07 Å². The summed E-state index contributed by atoms with van der Waals surface area (Å²) in [6.07, 6.45) is 3.65. The first kappa shape index (κ1) is 14.3. The first-order valence-corrected chi connectivity index (χ1v) is 5.58. The highest BCUT2D eigenvalue weighted by molar-refractivity contribution is 5.57. The van der Waals surface area contributed by atoms with Gasteiger partial charge in [-0.15, -0.1) is 0 Å². The van der Waals surface area contributed by atoms with E-state index in [2.05, 4.69) is 11.6 Å². The predicted octanol–water partition coefficient (Wildman–Crippen LogP) is 3.19. The minimum absolute atomic E-state index is 0.0539. The Morgan fingerprint density at radius 1 is 1.53 bits per heavy atom. The fourth-order valence-electron chi connectivity index (χ4n) is 1.48. The van der Waals surface area contributed by atoms with Crippen LogP contribution in [0.25, 0.3) is 0 Å². The number of benzene rings is 1. The van der Waals surface area contributed by atoms with E-state index in [1.54, 1.807) is 25.1 Å². The van der Waals surface area contributed by atoms with Gasteiger partial charge in [0, 0.05) is 18.3 Å². The van der Waals surface area contributed by atoms with E-state index < -0.39 is 4.92 Å². The summed E-state index contributed by atoms with van der Waals surface area (Å²) in [6, 6.07) is 8.19. The van der Waals surface area contributed by atoms with Crippen LogP contribution in [0.3, 0.4) is 0 Å². The quantitative estimate of drug-likeness (QED) is 0.266. The molecular weight excluding hydrogens is 242 g/mol. The Morgan fingerprint density at radius 2 is 2.16 bits per heavy atom. The number of nitro groups is 1. The first-order valence-electron chi connectivity index (χ1n) is 5.58. The molecule has 0 aliphatic rings. The van der Waals surface area contributed by atoms with Crippen LogP contribution in [0.2, 0.25) is 0 Å². The SMILES string of the molecule is C=C(/C=C(/C#N)N=CC)Cc1ccc([N+](=O)[O-])cc1. The molecule has 1 aromatic rings. The number of rotatable bonds is 5. The normalized spacial score (nSPS) is 11.3. The van der Waals surface area contributed by atoms with Gasteiger partial charge in [-0.25, -0.2) is 0 Å². The molecule has 0 aromatic heterocycles. The molecule has 0 aliphatic carbocycles. The summed E-state index contributed by atoms with van der Waals surface area (Å²) in [5.41, 5.74) is 1.95. The monoisotopic (exact) mass is 255 g/mol. The number of hydrogen-bond acceptors (Lipinski definition) is 4. The summed E-state index contributed by atoms with van der Waals surface area (Å²) < 4.78 is 0. The van der Waals surface area contributed by atoms with E-state index in [1.165, 1.54) is 18.3 Å². The molecule has 0 spiro atoms. The van der Waals surface area contributed by atoms with Crippen molar-refractivity contribution in [1.29, 1.82) is 5.26 Å². The third-order valence-electron chi connectivity index (χ3n) is 2.30. The van der Waals surface area contributed by atoms with Gasteiger partial charge >= 0.3 is 0 Å². The van der Waals surface area contributed by atoms with Gasteiger partial charge in [0.15, 0.2) is 0 Å². The molecular formula is C14H13N3O2. The number of allylic oxidation sites excluding steroid dienone is 3. The highest BCUT2D eigenvalue weighted by Gasteiger charge is 2.04. The lowest BCUT2D eigenvalue weighted by Gasteiger charge is -2.01. The summed E-state index contributed by atoms with van der Waals surface area (Å²) in [5, 5.41) is 19.3. The van der Waals surface area contributed by atoms with Crippen molar-refractivity contribution in [3.05, 3.63) is 63.9 Å². The molecule has 0 saturated carbocycles. The number of nitro benzene ring substituents is 1. The second-order valence-corrected chi connectivity index (χ2v) is 3.79. The zero-order valence-corrected chi connectivity index (χ0v) is 10.5. The minimum atomic E-state index is -0.442. The van der Waals surface area contributed by atoms with Crippen LogP contribution in [0.5, 0.6) is 0 Å². The molecule has 0 bridgehead atoms. The van der Waals surface area contributed by atoms with Crippen molar-refractivity contribution in [2.75, 3.05) is 0 Å². The number of aliphatic imine (C=N–C) groups is 1. The van der Waals surface area contributed by atoms with Crippen molar-refractivity contribution in [3.63, 3.8) is 0 Å². The number of nitriles is 1. The van der Waals surface area contributed by atoms with E-state index in [4.69, 9.17) is 5.26 Å². The van der Waals surface area contributed by atoms with Crippen molar-refractivity contribution < 1.29 is 4.92 Å². The Kier molecular flexibility index (Phi) is 5.17. The number of non-ortho nitro benzene ring substituents is 1. The molecule has 1 aromatic carbocycles. The zero-order valence-electron chi connectivity index (χ0n) is 10.5. The highest BCUT2D eigenvalue weighted by atomic mass is 16.6. The lowest BCUT2D eigenvalue weighted by Crippen LogP contribution is -1.91. The van der Waals surface area contributed by atoms with Crippen LogP contribution in [0.1, 0.15) is 12.5 Å². The van der Waals surface area contributed by atoms with Crippen LogP contribution < -0.4 is 0 Å². The summed E-state index contributed by atoms with van der Waals surface area (Å²) in [7, 11) is 0. The van der Waals surface area contributed by atoms with Crippen LogP contribution in [-0.2, 0) is 6.42 Å². The second-order valence-electron chi connectivity index (χ2n) is 3.79. The van der Waals surface area contributed by atoms with Gasteiger partial charge in [-0.1, -0.05) is 18.7 Å². The maximum absolute atomic E-state index is 10.5. The van der Waals surface area contributed by atoms with Crippen molar-refractivity contribution in [1.82, 2.24) is 0 Å². The molecule has 1 rings (SSSR count). The van der Waals surface area contributed by atoms with Gasteiger partial charge in [-0.05, 0) is 30.6 Å². The van der Waals surface area contributed by atoms with Crippen molar-refractivity contribution in [2.24, 2.45) is 4.99 Å². The van der Waals surface area contributed by atoms with Gasteiger partial charge in [0.25, 0.3) is 5.69 Å². The molecule has 0 fully saturated rings. The maximum Gasteiger partial charge on any atom is 0.269 e. The molecule has 0 unspecified atom stereocenters. The first-order chi connectivity index (χ1) is 9.06. The Labute approximate surface area is 111 Å². The highest BCUT2D eigenvalue weighted by Crippen LogP contribution is 2.15. The second kappa shape index (κ2) is 6.87. The fraction of sp³-hybridized carbons (Fsp3) is 0.143. The standard InChI is InChI=1S/C14H13N3O2/c1-3-16-13(10-15)9-11(2)8-12-4-6-14(7-5-12)17(18)19/h3-7,9H,2,8H2,1H3/b13-9-,16-3?. The van der Waals surface area contributed by atoms with Gasteiger partial charge in [0.1, 0.15) is 11.8 Å². The molecule has 0 amide bonds. The van der Waals surface area contributed by atoms with Crippen molar-refractivity contribution in [3.8, 4) is 6.07 Å². The number of hydrogen-bond donors (Lipinski definition) is 0. The molecule has 0 N–H and O–H groups in total. The van der Waals surface area contributed by atoms with Gasteiger partial charge < -0.3 is 0 Å². The molecule has 5 nitrogen and oxygen atoms in total. The predicted molar refractivity (Wildman–Crippen MR) is 73.8 cm³/mol. The summed E-state index contributed by atoms with van der Waals surface area (Å²) in [5.74, 6) is 0. The molecule has 5 heteroatoms. The summed E-state index contributed by atoms with van der Waals surface area (Å²) in [6.45, 7) is 5.57. The van der Waals surface area contributed by atoms with Gasteiger partial charge in [0.2, 0.25) is 0 Å². The molecule has 0 radical (unpaired) electrons. The van der Waals surface area contributed by atoms with Crippen LogP contribution in [0.15, 0.2) is 53.2 Å². The van der Waals surface area contributed by atoms with Gasteiger partial charge in [0.05, 0.1) is 4.92 Å². The zero-order chi connectivity index (χ0) is 14.3. The number of nitrogens with zero attached hydrogens (tertiary/aromatic N) is 3. The molecule has 0 saturated heterocycles. The van der Waals surface area contributed by atoms with E-state index in [-0.39, 0.29) is 11.4 Å². The largest absolute Gasteiger partial charge is 0.269 e.